The second-order valence-corrected chi connectivity index (χ2v) is 1.91. The summed E-state index contributed by atoms with van der Waals surface area (Å²) in [5.41, 5.74) is 7.51. The molecule has 0 aliphatic rings. The van der Waals surface area contributed by atoms with Crippen molar-refractivity contribution in [3.8, 4) is 0 Å². The van der Waals surface area contributed by atoms with Gasteiger partial charge in [-0.2, -0.15) is 0 Å². The number of nitrogens with two attached hydrogens (primary N) is 1. The smallest absolute Gasteiger partial charge is 0.0316 e. The minimum atomic E-state index is 0. The Labute approximate surface area is 61.3 Å². The number of rotatable bonds is 0. The summed E-state index contributed by atoms with van der Waals surface area (Å²) in [5.74, 6) is 0. The minimum Gasteiger partial charge on any atom is -0.399 e. The number of benzene rings is 1. The maximum Gasteiger partial charge on any atom is 0.0316 e. The van der Waals surface area contributed by atoms with Gasteiger partial charge in [0.25, 0.3) is 0 Å². The number of hydrogen-bond donors (Lipinski definition) is 1. The summed E-state index contributed by atoms with van der Waals surface area (Å²) in [6.07, 6.45) is 0. The summed E-state index contributed by atoms with van der Waals surface area (Å²) < 4.78 is 0. The second-order valence-electron chi connectivity index (χ2n) is 1.91. The number of hydrogen-bond acceptors (Lipinski definition) is 1. The lowest BCUT2D eigenvalue weighted by molar-refractivity contribution is 1.47. The molecule has 9 heavy (non-hydrogen) atoms. The van der Waals surface area contributed by atoms with Crippen LogP contribution in [0.15, 0.2) is 24.3 Å². The van der Waals surface area contributed by atoms with Crippen molar-refractivity contribution in [2.75, 3.05) is 5.73 Å². The van der Waals surface area contributed by atoms with Crippen LogP contribution in [-0.2, 0) is 0 Å². The van der Waals surface area contributed by atoms with E-state index in [-0.39, 0.29) is 12.4 Å². The topological polar surface area (TPSA) is 26.0 Å². The minimum absolute atomic E-state index is 0. The van der Waals surface area contributed by atoms with Crippen LogP contribution in [0, 0.1) is 6.92 Å². The Kier molecular flexibility index (Phi) is 3.10. The average Bonchev–Trinajstić information content (AvgIpc) is 1.64. The molecule has 0 heterocycles. The lowest BCUT2D eigenvalue weighted by Gasteiger charge is -1.91. The van der Waals surface area contributed by atoms with Crippen molar-refractivity contribution in [2.24, 2.45) is 0 Å². The Balaban J connectivity index is 0.000000640. The fraction of sp³-hybridized carbons (Fsp3) is 0.143. The third-order valence-corrected chi connectivity index (χ3v) is 1.04. The van der Waals surface area contributed by atoms with E-state index in [1.54, 1.807) is 0 Å². The molecule has 1 nitrogen and oxygen atoms in total. The van der Waals surface area contributed by atoms with Gasteiger partial charge in [0, 0.05) is 5.69 Å². The number of aryl methyl sites for hydroxylation is 1. The van der Waals surface area contributed by atoms with Gasteiger partial charge in [-0.15, -0.1) is 12.4 Å². The van der Waals surface area contributed by atoms with Crippen molar-refractivity contribution in [1.82, 2.24) is 0 Å². The van der Waals surface area contributed by atoms with Crippen molar-refractivity contribution >= 4 is 18.1 Å². The monoisotopic (exact) mass is 143 g/mol. The molecule has 0 aromatic heterocycles. The van der Waals surface area contributed by atoms with Crippen LogP contribution < -0.4 is 5.73 Å². The molecule has 0 atom stereocenters. The number of nitrogen functional groups attached to an aromatic ring is 1. The molecule has 0 saturated carbocycles. The quantitative estimate of drug-likeness (QED) is 0.553. The highest BCUT2D eigenvalue weighted by molar-refractivity contribution is 5.85. The van der Waals surface area contributed by atoms with Crippen LogP contribution in [0.3, 0.4) is 0 Å². The first-order valence-corrected chi connectivity index (χ1v) is 2.61. The Bertz CT molecular complexity index is 169. The highest BCUT2D eigenvalue weighted by Gasteiger charge is 1.81. The van der Waals surface area contributed by atoms with Crippen LogP contribution in [0.2, 0.25) is 0 Å². The normalized spacial score (nSPS) is 8.11. The van der Waals surface area contributed by atoms with E-state index in [1.165, 1.54) is 5.56 Å². The van der Waals surface area contributed by atoms with Gasteiger partial charge in [0.2, 0.25) is 0 Å². The van der Waals surface area contributed by atoms with E-state index in [9.17, 15) is 0 Å². The third-order valence-electron chi connectivity index (χ3n) is 1.04. The molecular weight excluding hydrogens is 134 g/mol. The van der Waals surface area contributed by atoms with Crippen molar-refractivity contribution in [3.63, 3.8) is 0 Å². The summed E-state index contributed by atoms with van der Waals surface area (Å²) in [7, 11) is 0. The summed E-state index contributed by atoms with van der Waals surface area (Å²) in [5, 5.41) is 0. The molecule has 2 N–H and O–H groups in total. The van der Waals surface area contributed by atoms with Crippen molar-refractivity contribution in [2.45, 2.75) is 6.92 Å². The predicted octanol–water partition coefficient (Wildman–Crippen LogP) is 2.00. The molecule has 0 bridgehead atoms. The van der Waals surface area contributed by atoms with E-state index < -0.39 is 0 Å². The zero-order valence-electron chi connectivity index (χ0n) is 5.29. The molecule has 0 aliphatic heterocycles. The molecule has 0 aliphatic carbocycles. The Morgan fingerprint density at radius 2 is 2.00 bits per heavy atom. The van der Waals surface area contributed by atoms with Gasteiger partial charge in [0.15, 0.2) is 0 Å². The SMILES string of the molecule is Cc1cccc(N)c1.Cl. The molecule has 2 heteroatoms. The standard InChI is InChI=1S/C7H9N.ClH/c1-6-3-2-4-7(8)5-6;/h2-5H,8H2,1H3;1H. The molecular formula is C7H10ClN. The third kappa shape index (κ3) is 2.38. The van der Waals surface area contributed by atoms with Crippen LogP contribution >= 0.6 is 12.4 Å². The van der Waals surface area contributed by atoms with Gasteiger partial charge in [-0.3, -0.25) is 0 Å². The first-order valence-electron chi connectivity index (χ1n) is 2.61. The molecule has 0 fully saturated rings. The Morgan fingerprint density at radius 3 is 2.33 bits per heavy atom. The molecule has 1 aromatic rings. The van der Waals surface area contributed by atoms with Crippen LogP contribution in [0.4, 0.5) is 5.69 Å². The molecule has 0 spiro atoms. The fourth-order valence-electron chi connectivity index (χ4n) is 0.670. The van der Waals surface area contributed by atoms with Crippen LogP contribution in [0.1, 0.15) is 5.56 Å². The van der Waals surface area contributed by atoms with E-state index in [1.807, 2.05) is 31.2 Å². The van der Waals surface area contributed by atoms with Crippen molar-refractivity contribution in [1.29, 1.82) is 0 Å². The van der Waals surface area contributed by atoms with Crippen molar-refractivity contribution < 1.29 is 0 Å². The van der Waals surface area contributed by atoms with E-state index in [0.29, 0.717) is 0 Å². The first-order chi connectivity index (χ1) is 3.79. The zero-order valence-corrected chi connectivity index (χ0v) is 6.11. The van der Waals surface area contributed by atoms with Gasteiger partial charge in [-0.05, 0) is 24.6 Å². The fourth-order valence-corrected chi connectivity index (χ4v) is 0.670. The van der Waals surface area contributed by atoms with Gasteiger partial charge in [-0.1, -0.05) is 12.1 Å². The molecule has 0 amide bonds. The van der Waals surface area contributed by atoms with E-state index in [0.717, 1.165) is 5.69 Å². The zero-order chi connectivity index (χ0) is 5.98. The maximum atomic E-state index is 5.46. The maximum absolute atomic E-state index is 5.46. The Hall–Kier alpha value is -0.690. The van der Waals surface area contributed by atoms with Crippen LogP contribution in [0.25, 0.3) is 0 Å². The summed E-state index contributed by atoms with van der Waals surface area (Å²) in [6, 6.07) is 7.80. The predicted molar refractivity (Wildman–Crippen MR) is 42.8 cm³/mol. The van der Waals surface area contributed by atoms with Gasteiger partial charge in [0.05, 0.1) is 0 Å². The van der Waals surface area contributed by atoms with E-state index >= 15 is 0 Å². The molecule has 1 rings (SSSR count). The summed E-state index contributed by atoms with van der Waals surface area (Å²) in [6.45, 7) is 2.02. The van der Waals surface area contributed by atoms with E-state index in [4.69, 9.17) is 5.73 Å². The average molecular weight is 144 g/mol. The molecule has 0 saturated heterocycles. The Morgan fingerprint density at radius 1 is 1.33 bits per heavy atom. The van der Waals surface area contributed by atoms with Gasteiger partial charge in [0.1, 0.15) is 0 Å². The lowest BCUT2D eigenvalue weighted by atomic mass is 10.2. The summed E-state index contributed by atoms with van der Waals surface area (Å²) >= 11 is 0. The van der Waals surface area contributed by atoms with Crippen LogP contribution in [-0.4, -0.2) is 0 Å². The largest absolute Gasteiger partial charge is 0.399 e. The molecule has 0 radical (unpaired) electrons. The van der Waals surface area contributed by atoms with Crippen molar-refractivity contribution in [3.05, 3.63) is 29.8 Å². The number of anilines is 1. The lowest BCUT2D eigenvalue weighted by Crippen LogP contribution is -1.82. The molecule has 1 aromatic carbocycles. The summed E-state index contributed by atoms with van der Waals surface area (Å²) in [4.78, 5) is 0. The first kappa shape index (κ1) is 8.31. The van der Waals surface area contributed by atoms with Gasteiger partial charge < -0.3 is 5.73 Å². The van der Waals surface area contributed by atoms with E-state index in [2.05, 4.69) is 0 Å². The van der Waals surface area contributed by atoms with Gasteiger partial charge >= 0.3 is 0 Å². The molecule has 50 valence electrons. The highest BCUT2D eigenvalue weighted by atomic mass is 35.5. The molecule has 0 unspecified atom stereocenters. The number of halogens is 1. The second kappa shape index (κ2) is 3.36. The van der Waals surface area contributed by atoms with Gasteiger partial charge in [-0.25, -0.2) is 0 Å². The highest BCUT2D eigenvalue weighted by Crippen LogP contribution is 2.03. The van der Waals surface area contributed by atoms with Crippen LogP contribution in [0.5, 0.6) is 0 Å².